The molecular weight excluding hydrogens is 354 g/mol. The average molecular weight is 369 g/mol. The number of hydrazone groups is 1. The number of alkyl halides is 2. The monoisotopic (exact) mass is 368 g/mol. The molecule has 2 aromatic carbocycles. The summed E-state index contributed by atoms with van der Waals surface area (Å²) >= 11 is 5.75. The molecule has 0 unspecified atom stereocenters. The van der Waals surface area contributed by atoms with E-state index in [1.54, 1.807) is 43.3 Å². The van der Waals surface area contributed by atoms with E-state index in [0.717, 1.165) is 0 Å². The first kappa shape index (κ1) is 18.7. The molecule has 0 atom stereocenters. The summed E-state index contributed by atoms with van der Waals surface area (Å²) in [7, 11) is 0. The largest absolute Gasteiger partial charge is 0.484 e. The van der Waals surface area contributed by atoms with Crippen molar-refractivity contribution in [3.05, 3.63) is 59.1 Å². The Morgan fingerprint density at radius 3 is 2.32 bits per heavy atom. The summed E-state index contributed by atoms with van der Waals surface area (Å²) in [5.41, 5.74) is 3.51. The summed E-state index contributed by atoms with van der Waals surface area (Å²) in [5.74, 6) is 0.119. The van der Waals surface area contributed by atoms with Gasteiger partial charge >= 0.3 is 6.61 Å². The Morgan fingerprint density at radius 1 is 1.12 bits per heavy atom. The van der Waals surface area contributed by atoms with Crippen LogP contribution in [0.25, 0.3) is 0 Å². The lowest BCUT2D eigenvalue weighted by molar-refractivity contribution is -0.123. The number of ether oxygens (including phenoxy) is 2. The average Bonchev–Trinajstić information content (AvgIpc) is 2.59. The van der Waals surface area contributed by atoms with Gasteiger partial charge < -0.3 is 9.47 Å². The van der Waals surface area contributed by atoms with Crippen LogP contribution >= 0.6 is 11.6 Å². The van der Waals surface area contributed by atoms with Crippen molar-refractivity contribution in [1.29, 1.82) is 0 Å². The molecule has 2 rings (SSSR count). The van der Waals surface area contributed by atoms with Crippen molar-refractivity contribution in [3.63, 3.8) is 0 Å². The van der Waals surface area contributed by atoms with Gasteiger partial charge in [-0.25, -0.2) is 5.43 Å². The minimum Gasteiger partial charge on any atom is -0.484 e. The predicted octanol–water partition coefficient (Wildman–Crippen LogP) is 3.86. The van der Waals surface area contributed by atoms with Crippen molar-refractivity contribution in [1.82, 2.24) is 5.43 Å². The van der Waals surface area contributed by atoms with Crippen LogP contribution in [0.2, 0.25) is 5.02 Å². The maximum atomic E-state index is 12.1. The molecule has 0 aliphatic carbocycles. The molecular formula is C17H15ClF2N2O3. The molecule has 0 aliphatic heterocycles. The van der Waals surface area contributed by atoms with E-state index in [9.17, 15) is 13.6 Å². The first-order chi connectivity index (χ1) is 11.9. The Labute approximate surface area is 148 Å². The Morgan fingerprint density at radius 2 is 1.72 bits per heavy atom. The number of benzene rings is 2. The van der Waals surface area contributed by atoms with E-state index in [4.69, 9.17) is 16.3 Å². The van der Waals surface area contributed by atoms with E-state index in [-0.39, 0.29) is 12.4 Å². The van der Waals surface area contributed by atoms with Crippen LogP contribution in [0.5, 0.6) is 11.5 Å². The van der Waals surface area contributed by atoms with Crippen LogP contribution in [-0.2, 0) is 4.79 Å². The summed E-state index contributed by atoms with van der Waals surface area (Å²) in [6, 6.07) is 12.5. The van der Waals surface area contributed by atoms with E-state index in [2.05, 4.69) is 15.3 Å². The Kier molecular flexibility index (Phi) is 6.71. The van der Waals surface area contributed by atoms with Crippen molar-refractivity contribution < 1.29 is 23.0 Å². The molecule has 0 saturated heterocycles. The predicted molar refractivity (Wildman–Crippen MR) is 90.4 cm³/mol. The van der Waals surface area contributed by atoms with Gasteiger partial charge in [0.1, 0.15) is 11.5 Å². The number of amides is 1. The van der Waals surface area contributed by atoms with Gasteiger partial charge in [-0.15, -0.1) is 0 Å². The number of nitrogens with one attached hydrogen (secondary N) is 1. The van der Waals surface area contributed by atoms with Gasteiger partial charge in [-0.2, -0.15) is 13.9 Å². The first-order valence-corrected chi connectivity index (χ1v) is 7.58. The SMILES string of the molecule is C/C(=N\NC(=O)COc1ccc(Cl)cc1)c1ccc(OC(F)F)cc1. The third-order valence-corrected chi connectivity index (χ3v) is 3.28. The lowest BCUT2D eigenvalue weighted by atomic mass is 10.1. The minimum atomic E-state index is -2.87. The normalized spacial score (nSPS) is 11.3. The molecule has 8 heteroatoms. The zero-order valence-electron chi connectivity index (χ0n) is 13.2. The number of carbonyl (C=O) groups is 1. The lowest BCUT2D eigenvalue weighted by Crippen LogP contribution is -2.25. The number of carbonyl (C=O) groups excluding carboxylic acids is 1. The zero-order chi connectivity index (χ0) is 18.2. The molecule has 0 fully saturated rings. The fourth-order valence-corrected chi connectivity index (χ4v) is 1.93. The topological polar surface area (TPSA) is 59.9 Å². The zero-order valence-corrected chi connectivity index (χ0v) is 14.0. The van der Waals surface area contributed by atoms with Gasteiger partial charge in [0, 0.05) is 5.02 Å². The highest BCUT2D eigenvalue weighted by atomic mass is 35.5. The highest BCUT2D eigenvalue weighted by molar-refractivity contribution is 6.30. The molecule has 0 radical (unpaired) electrons. The molecule has 0 saturated carbocycles. The fourth-order valence-electron chi connectivity index (χ4n) is 1.80. The lowest BCUT2D eigenvalue weighted by Gasteiger charge is -2.07. The van der Waals surface area contributed by atoms with Crippen LogP contribution in [0, 0.1) is 0 Å². The summed E-state index contributed by atoms with van der Waals surface area (Å²) in [4.78, 5) is 11.7. The third-order valence-electron chi connectivity index (χ3n) is 3.03. The van der Waals surface area contributed by atoms with Crippen molar-refractivity contribution in [2.24, 2.45) is 5.10 Å². The van der Waals surface area contributed by atoms with Gasteiger partial charge in [0.2, 0.25) is 0 Å². The maximum Gasteiger partial charge on any atom is 0.387 e. The van der Waals surface area contributed by atoms with Gasteiger partial charge in [0.15, 0.2) is 6.61 Å². The minimum absolute atomic E-state index is 0.0481. The van der Waals surface area contributed by atoms with Crippen LogP contribution in [-0.4, -0.2) is 24.8 Å². The molecule has 0 aliphatic rings. The van der Waals surface area contributed by atoms with E-state index >= 15 is 0 Å². The highest BCUT2D eigenvalue weighted by Crippen LogP contribution is 2.16. The Balaban J connectivity index is 1.85. The second-order valence-electron chi connectivity index (χ2n) is 4.88. The van der Waals surface area contributed by atoms with Crippen LogP contribution in [0.15, 0.2) is 53.6 Å². The number of rotatable bonds is 7. The smallest absolute Gasteiger partial charge is 0.387 e. The molecule has 25 heavy (non-hydrogen) atoms. The van der Waals surface area contributed by atoms with Crippen LogP contribution < -0.4 is 14.9 Å². The van der Waals surface area contributed by atoms with Gasteiger partial charge in [-0.1, -0.05) is 11.6 Å². The van der Waals surface area contributed by atoms with Crippen molar-refractivity contribution in [2.45, 2.75) is 13.5 Å². The third kappa shape index (κ3) is 6.39. The van der Waals surface area contributed by atoms with Gasteiger partial charge in [0.25, 0.3) is 5.91 Å². The first-order valence-electron chi connectivity index (χ1n) is 7.21. The standard InChI is InChI=1S/C17H15ClF2N2O3/c1-11(12-2-6-15(7-3-12)25-17(19)20)21-22-16(23)10-24-14-8-4-13(18)5-9-14/h2-9,17H,10H2,1H3,(H,22,23)/b21-11+. The summed E-state index contributed by atoms with van der Waals surface area (Å²) < 4.78 is 33.7. The van der Waals surface area contributed by atoms with E-state index in [1.807, 2.05) is 0 Å². The van der Waals surface area contributed by atoms with Crippen molar-refractivity contribution in [2.75, 3.05) is 6.61 Å². The number of hydrogen-bond donors (Lipinski definition) is 1. The molecule has 0 aromatic heterocycles. The van der Waals surface area contributed by atoms with Crippen LogP contribution in [0.4, 0.5) is 8.78 Å². The number of hydrogen-bond acceptors (Lipinski definition) is 4. The van der Waals surface area contributed by atoms with Crippen LogP contribution in [0.3, 0.4) is 0 Å². The fraction of sp³-hybridized carbons (Fsp3) is 0.176. The molecule has 5 nitrogen and oxygen atoms in total. The van der Waals surface area contributed by atoms with Crippen LogP contribution in [0.1, 0.15) is 12.5 Å². The number of halogens is 3. The van der Waals surface area contributed by atoms with E-state index < -0.39 is 12.5 Å². The van der Waals surface area contributed by atoms with Gasteiger partial charge in [-0.3, -0.25) is 4.79 Å². The van der Waals surface area contributed by atoms with Gasteiger partial charge in [0.05, 0.1) is 5.71 Å². The van der Waals surface area contributed by atoms with E-state index in [1.165, 1.54) is 12.1 Å². The summed E-state index contributed by atoms with van der Waals surface area (Å²) in [5, 5.41) is 4.51. The maximum absolute atomic E-state index is 12.1. The molecule has 2 aromatic rings. The molecule has 1 amide bonds. The van der Waals surface area contributed by atoms with Crippen molar-refractivity contribution in [3.8, 4) is 11.5 Å². The Hall–Kier alpha value is -2.67. The second-order valence-corrected chi connectivity index (χ2v) is 5.31. The quantitative estimate of drug-likeness (QED) is 0.596. The summed E-state index contributed by atoms with van der Waals surface area (Å²) in [6.07, 6.45) is 0. The second kappa shape index (κ2) is 8.98. The molecule has 0 heterocycles. The van der Waals surface area contributed by atoms with Gasteiger partial charge in [-0.05, 0) is 61.0 Å². The molecule has 0 spiro atoms. The molecule has 132 valence electrons. The highest BCUT2D eigenvalue weighted by Gasteiger charge is 2.06. The Bertz CT molecular complexity index is 735. The number of nitrogens with zero attached hydrogens (tertiary/aromatic N) is 1. The molecule has 1 N–H and O–H groups in total. The molecule has 0 bridgehead atoms. The van der Waals surface area contributed by atoms with E-state index in [0.29, 0.717) is 22.0 Å². The summed E-state index contributed by atoms with van der Waals surface area (Å²) in [6.45, 7) is -1.41. The van der Waals surface area contributed by atoms with Crippen molar-refractivity contribution >= 4 is 23.2 Å².